The normalized spacial score (nSPS) is 15.3. The highest BCUT2D eigenvalue weighted by Gasteiger charge is 2.14. The van der Waals surface area contributed by atoms with Gasteiger partial charge in [0.15, 0.2) is 0 Å². The van der Waals surface area contributed by atoms with Crippen molar-refractivity contribution < 1.29 is 13.2 Å². The third-order valence-corrected chi connectivity index (χ3v) is 5.31. The third kappa shape index (κ3) is 5.71. The predicted octanol–water partition coefficient (Wildman–Crippen LogP) is 1.74. The minimum Gasteiger partial charge on any atom is -0.369 e. The van der Waals surface area contributed by atoms with Crippen LogP contribution in [0.2, 0.25) is 0 Å². The van der Waals surface area contributed by atoms with Crippen molar-refractivity contribution in [2.45, 2.75) is 6.54 Å². The zero-order valence-electron chi connectivity index (χ0n) is 16.2. The van der Waals surface area contributed by atoms with Crippen molar-refractivity contribution in [3.8, 4) is 0 Å². The van der Waals surface area contributed by atoms with Gasteiger partial charge in [-0.2, -0.15) is 0 Å². The fraction of sp³-hybridized carbons (Fsp3) is 0.350. The molecule has 0 atom stereocenters. The SMILES string of the molecule is CN1CCN(c2ccc(CNC(=O)c3ccc(NS(C)(=O)=O)cc3)cc2)CC1. The lowest BCUT2D eigenvalue weighted by molar-refractivity contribution is 0.0951. The first-order valence-electron chi connectivity index (χ1n) is 9.19. The van der Waals surface area contributed by atoms with E-state index in [1.807, 2.05) is 12.1 Å². The zero-order valence-corrected chi connectivity index (χ0v) is 17.0. The van der Waals surface area contributed by atoms with Crippen LogP contribution in [-0.4, -0.2) is 58.7 Å². The maximum atomic E-state index is 12.3. The monoisotopic (exact) mass is 402 g/mol. The molecule has 2 aromatic carbocycles. The van der Waals surface area contributed by atoms with Crippen LogP contribution in [0, 0.1) is 0 Å². The molecular formula is C20H26N4O3S. The van der Waals surface area contributed by atoms with Gasteiger partial charge in [0, 0.05) is 49.7 Å². The predicted molar refractivity (Wildman–Crippen MR) is 112 cm³/mol. The molecule has 0 unspecified atom stereocenters. The summed E-state index contributed by atoms with van der Waals surface area (Å²) in [6, 6.07) is 14.6. The Labute approximate surface area is 166 Å². The van der Waals surface area contributed by atoms with Gasteiger partial charge in [-0.1, -0.05) is 12.1 Å². The molecular weight excluding hydrogens is 376 g/mol. The van der Waals surface area contributed by atoms with E-state index >= 15 is 0 Å². The highest BCUT2D eigenvalue weighted by Crippen LogP contribution is 2.17. The molecule has 0 bridgehead atoms. The lowest BCUT2D eigenvalue weighted by Gasteiger charge is -2.34. The molecule has 1 aliphatic heterocycles. The summed E-state index contributed by atoms with van der Waals surface area (Å²) in [5.74, 6) is -0.200. The van der Waals surface area contributed by atoms with E-state index in [2.05, 4.69) is 39.0 Å². The third-order valence-electron chi connectivity index (χ3n) is 4.71. The number of benzene rings is 2. The molecule has 1 aliphatic rings. The molecule has 0 radical (unpaired) electrons. The first kappa shape index (κ1) is 20.2. The maximum absolute atomic E-state index is 12.3. The number of carbonyl (C=O) groups is 1. The van der Waals surface area contributed by atoms with Gasteiger partial charge in [0.25, 0.3) is 5.91 Å². The number of likely N-dealkylation sites (N-methyl/N-ethyl adjacent to an activating group) is 1. The Hall–Kier alpha value is -2.58. The van der Waals surface area contributed by atoms with Crippen molar-refractivity contribution in [3.63, 3.8) is 0 Å². The Morgan fingerprint density at radius 3 is 2.14 bits per heavy atom. The largest absolute Gasteiger partial charge is 0.369 e. The number of hydrogen-bond acceptors (Lipinski definition) is 5. The second kappa shape index (κ2) is 8.62. The van der Waals surface area contributed by atoms with Gasteiger partial charge in [-0.3, -0.25) is 9.52 Å². The highest BCUT2D eigenvalue weighted by molar-refractivity contribution is 7.92. The minimum absolute atomic E-state index is 0.200. The molecule has 0 saturated carbocycles. The van der Waals surface area contributed by atoms with Crippen LogP contribution in [0.15, 0.2) is 48.5 Å². The fourth-order valence-electron chi connectivity index (χ4n) is 3.08. The zero-order chi connectivity index (χ0) is 20.1. The van der Waals surface area contributed by atoms with Crippen LogP contribution in [0.3, 0.4) is 0 Å². The number of carbonyl (C=O) groups excluding carboxylic acids is 1. The second-order valence-electron chi connectivity index (χ2n) is 7.09. The molecule has 0 spiro atoms. The molecule has 28 heavy (non-hydrogen) atoms. The van der Waals surface area contributed by atoms with E-state index in [4.69, 9.17) is 0 Å². The number of nitrogens with one attached hydrogen (secondary N) is 2. The quantitative estimate of drug-likeness (QED) is 0.769. The van der Waals surface area contributed by atoms with Crippen molar-refractivity contribution in [2.24, 2.45) is 0 Å². The van der Waals surface area contributed by atoms with E-state index in [1.54, 1.807) is 24.3 Å². The fourth-order valence-corrected chi connectivity index (χ4v) is 3.64. The van der Waals surface area contributed by atoms with Gasteiger partial charge in [0.2, 0.25) is 10.0 Å². The second-order valence-corrected chi connectivity index (χ2v) is 8.84. The number of sulfonamides is 1. The molecule has 1 heterocycles. The standard InChI is InChI=1S/C20H26N4O3S/c1-23-11-13-24(14-12-23)19-9-3-16(4-10-19)15-21-20(25)17-5-7-18(8-6-17)22-28(2,26)27/h3-10,22H,11-15H2,1-2H3,(H,21,25). The molecule has 3 rings (SSSR count). The lowest BCUT2D eigenvalue weighted by Crippen LogP contribution is -2.44. The molecule has 0 aliphatic carbocycles. The number of hydrogen-bond donors (Lipinski definition) is 2. The molecule has 1 saturated heterocycles. The summed E-state index contributed by atoms with van der Waals surface area (Å²) in [5.41, 5.74) is 3.14. The first-order chi connectivity index (χ1) is 13.3. The Balaban J connectivity index is 1.53. The van der Waals surface area contributed by atoms with E-state index in [-0.39, 0.29) is 5.91 Å². The first-order valence-corrected chi connectivity index (χ1v) is 11.1. The van der Waals surface area contributed by atoms with Gasteiger partial charge in [-0.05, 0) is 49.0 Å². The molecule has 0 aromatic heterocycles. The van der Waals surface area contributed by atoms with Gasteiger partial charge in [0.1, 0.15) is 0 Å². The van der Waals surface area contributed by atoms with Crippen molar-refractivity contribution in [1.82, 2.24) is 10.2 Å². The van der Waals surface area contributed by atoms with Crippen LogP contribution in [-0.2, 0) is 16.6 Å². The number of anilines is 2. The van der Waals surface area contributed by atoms with Crippen LogP contribution in [0.1, 0.15) is 15.9 Å². The molecule has 2 N–H and O–H groups in total. The number of piperazine rings is 1. The van der Waals surface area contributed by atoms with Crippen molar-refractivity contribution in [1.29, 1.82) is 0 Å². The van der Waals surface area contributed by atoms with Crippen LogP contribution in [0.5, 0.6) is 0 Å². The smallest absolute Gasteiger partial charge is 0.251 e. The summed E-state index contributed by atoms with van der Waals surface area (Å²) in [7, 11) is -1.19. The number of amides is 1. The van der Waals surface area contributed by atoms with Crippen molar-refractivity contribution in [2.75, 3.05) is 49.1 Å². The van der Waals surface area contributed by atoms with Crippen LogP contribution < -0.4 is 14.9 Å². The molecule has 150 valence electrons. The lowest BCUT2D eigenvalue weighted by atomic mass is 10.1. The van der Waals surface area contributed by atoms with E-state index in [9.17, 15) is 13.2 Å². The molecule has 1 amide bonds. The summed E-state index contributed by atoms with van der Waals surface area (Å²) in [5, 5.41) is 2.89. The van der Waals surface area contributed by atoms with Gasteiger partial charge < -0.3 is 15.1 Å². The topological polar surface area (TPSA) is 81.8 Å². The minimum atomic E-state index is -3.33. The highest BCUT2D eigenvalue weighted by atomic mass is 32.2. The van der Waals surface area contributed by atoms with E-state index in [1.165, 1.54) is 5.69 Å². The van der Waals surface area contributed by atoms with Crippen molar-refractivity contribution in [3.05, 3.63) is 59.7 Å². The maximum Gasteiger partial charge on any atom is 0.251 e. The summed E-state index contributed by atoms with van der Waals surface area (Å²) in [4.78, 5) is 17.0. The number of rotatable bonds is 6. The van der Waals surface area contributed by atoms with Crippen LogP contribution >= 0.6 is 0 Å². The summed E-state index contributed by atoms with van der Waals surface area (Å²) in [6.07, 6.45) is 1.09. The molecule has 7 nitrogen and oxygen atoms in total. The van der Waals surface area contributed by atoms with Gasteiger partial charge >= 0.3 is 0 Å². The van der Waals surface area contributed by atoms with Gasteiger partial charge in [-0.25, -0.2) is 8.42 Å². The van der Waals surface area contributed by atoms with Crippen LogP contribution in [0.25, 0.3) is 0 Å². The van der Waals surface area contributed by atoms with Gasteiger partial charge in [-0.15, -0.1) is 0 Å². The van der Waals surface area contributed by atoms with E-state index in [0.717, 1.165) is 38.0 Å². The Morgan fingerprint density at radius 2 is 1.57 bits per heavy atom. The van der Waals surface area contributed by atoms with Gasteiger partial charge in [0.05, 0.1) is 6.26 Å². The summed E-state index contributed by atoms with van der Waals surface area (Å²) in [6.45, 7) is 4.62. The summed E-state index contributed by atoms with van der Waals surface area (Å²) < 4.78 is 24.8. The number of nitrogens with zero attached hydrogens (tertiary/aromatic N) is 2. The Morgan fingerprint density at radius 1 is 0.964 bits per heavy atom. The Bertz CT molecular complexity index is 903. The summed E-state index contributed by atoms with van der Waals surface area (Å²) >= 11 is 0. The van der Waals surface area contributed by atoms with E-state index in [0.29, 0.717) is 17.8 Å². The molecule has 1 fully saturated rings. The average Bonchev–Trinajstić information content (AvgIpc) is 2.66. The average molecular weight is 403 g/mol. The van der Waals surface area contributed by atoms with Crippen molar-refractivity contribution >= 4 is 27.3 Å². The van der Waals surface area contributed by atoms with E-state index < -0.39 is 10.0 Å². The molecule has 2 aromatic rings. The van der Waals surface area contributed by atoms with Crippen LogP contribution in [0.4, 0.5) is 11.4 Å². The molecule has 8 heteroatoms. The Kier molecular flexibility index (Phi) is 6.21.